The summed E-state index contributed by atoms with van der Waals surface area (Å²) in [4.78, 5) is 15.4. The average molecular weight is 183 g/mol. The van der Waals surface area contributed by atoms with E-state index in [4.69, 9.17) is 9.79 Å². The zero-order chi connectivity index (χ0) is 5.21. The van der Waals surface area contributed by atoms with E-state index in [0.29, 0.717) is 0 Å². The van der Waals surface area contributed by atoms with Crippen molar-refractivity contribution in [3.8, 4) is 0 Å². The fourth-order valence-electron chi connectivity index (χ4n) is 0. The van der Waals surface area contributed by atoms with E-state index in [9.17, 15) is 4.57 Å². The molecule has 0 aliphatic heterocycles. The summed E-state index contributed by atoms with van der Waals surface area (Å²) in [5.74, 6) is 0. The summed E-state index contributed by atoms with van der Waals surface area (Å²) in [6.45, 7) is 0. The van der Waals surface area contributed by atoms with E-state index in [2.05, 4.69) is 4.44 Å². The molecule has 0 bridgehead atoms. The van der Waals surface area contributed by atoms with Crippen molar-refractivity contribution in [2.45, 2.75) is 0 Å². The zero-order valence-corrected chi connectivity index (χ0v) is 7.73. The van der Waals surface area contributed by atoms with E-state index in [-0.39, 0.29) is 38.3 Å². The summed E-state index contributed by atoms with van der Waals surface area (Å²) in [5.41, 5.74) is 0. The van der Waals surface area contributed by atoms with E-state index >= 15 is 0 Å². The Morgan fingerprint density at radius 2 is 1.62 bits per heavy atom. The van der Waals surface area contributed by atoms with Crippen molar-refractivity contribution in [2.24, 2.45) is 0 Å². The SMILES string of the molecule is BOP(=O)(O)O.[LiH].[Zn]. The molecule has 0 radical (unpaired) electrons. The standard InChI is InChI=1S/BH4O4P.Li.Zn.H/c1-5-6(2,3)4;;;/h1H2,(H2,2,3,4);;;. The predicted octanol–water partition coefficient (Wildman–Crippen LogP) is -2.01. The number of phosphoric acid groups is 1. The van der Waals surface area contributed by atoms with Crippen LogP contribution in [0.3, 0.4) is 0 Å². The first-order valence-corrected chi connectivity index (χ1v) is 2.70. The summed E-state index contributed by atoms with van der Waals surface area (Å²) >= 11 is 0. The van der Waals surface area contributed by atoms with Gasteiger partial charge in [-0.2, -0.15) is 0 Å². The van der Waals surface area contributed by atoms with Gasteiger partial charge in [-0.3, -0.25) is 0 Å². The van der Waals surface area contributed by atoms with E-state index in [1.807, 2.05) is 0 Å². The van der Waals surface area contributed by atoms with Gasteiger partial charge in [-0.15, -0.1) is 0 Å². The smallest absolute Gasteiger partial charge is 0 e. The molecular weight excluding hydrogens is 178 g/mol. The largest absolute Gasteiger partial charge is 0 e. The Morgan fingerprint density at radius 3 is 1.62 bits per heavy atom. The van der Waals surface area contributed by atoms with Crippen LogP contribution in [0.5, 0.6) is 0 Å². The summed E-state index contributed by atoms with van der Waals surface area (Å²) in [6, 6.07) is 0. The molecule has 0 saturated heterocycles. The molecule has 0 saturated carbocycles. The monoisotopic (exact) mass is 182 g/mol. The zero-order valence-electron chi connectivity index (χ0n) is 3.87. The van der Waals surface area contributed by atoms with Gasteiger partial charge in [0.15, 0.2) is 0 Å². The van der Waals surface area contributed by atoms with Crippen LogP contribution < -0.4 is 0 Å². The van der Waals surface area contributed by atoms with Crippen LogP contribution in [0.2, 0.25) is 0 Å². The molecule has 0 aromatic rings. The van der Waals surface area contributed by atoms with Gasteiger partial charge in [0.25, 0.3) is 8.05 Å². The van der Waals surface area contributed by atoms with Crippen LogP contribution in [0.25, 0.3) is 0 Å². The van der Waals surface area contributed by atoms with Gasteiger partial charge in [0.05, 0.1) is 0 Å². The van der Waals surface area contributed by atoms with Gasteiger partial charge in [0.1, 0.15) is 0 Å². The maximum absolute atomic E-state index is 9.47. The van der Waals surface area contributed by atoms with Crippen LogP contribution in [-0.2, 0) is 28.5 Å². The fraction of sp³-hybridized carbons (Fsp3) is 0. The van der Waals surface area contributed by atoms with Crippen LogP contribution in [0.15, 0.2) is 0 Å². The van der Waals surface area contributed by atoms with Crippen LogP contribution in [0, 0.1) is 0 Å². The molecule has 40 valence electrons. The minimum atomic E-state index is -4.15. The van der Waals surface area contributed by atoms with Crippen LogP contribution in [0.4, 0.5) is 0 Å². The molecule has 0 aliphatic carbocycles. The molecule has 0 unspecified atom stereocenters. The topological polar surface area (TPSA) is 66.8 Å². The molecule has 0 aromatic heterocycles. The van der Waals surface area contributed by atoms with E-state index in [1.54, 1.807) is 0 Å². The van der Waals surface area contributed by atoms with E-state index in [1.165, 1.54) is 0 Å². The molecule has 0 fully saturated rings. The van der Waals surface area contributed by atoms with Gasteiger partial charge in [-0.05, 0) is 0 Å². The second kappa shape index (κ2) is 6.51. The van der Waals surface area contributed by atoms with Crippen LogP contribution >= 0.6 is 7.82 Å². The molecule has 4 nitrogen and oxygen atoms in total. The first kappa shape index (κ1) is 16.2. The maximum Gasteiger partial charge on any atom is 0 e. The Kier molecular flexibility index (Phi) is 13.2. The fourth-order valence-corrected chi connectivity index (χ4v) is 0. The Morgan fingerprint density at radius 1 is 1.50 bits per heavy atom. The Labute approximate surface area is 73.0 Å². The van der Waals surface area contributed by atoms with Gasteiger partial charge in [-0.25, -0.2) is 4.57 Å². The Hall–Kier alpha value is 1.40. The van der Waals surface area contributed by atoms with Crippen molar-refractivity contribution < 1.29 is 38.3 Å². The average Bonchev–Trinajstić information content (AvgIpc) is 1.35. The van der Waals surface area contributed by atoms with Gasteiger partial charge in [0, 0.05) is 19.5 Å². The quantitative estimate of drug-likeness (QED) is 0.364. The Bertz CT molecular complexity index is 80.1. The summed E-state index contributed by atoms with van der Waals surface area (Å²) < 4.78 is 13.1. The van der Waals surface area contributed by atoms with Gasteiger partial charge in [0.2, 0.25) is 0 Å². The maximum atomic E-state index is 9.47. The first-order valence-electron chi connectivity index (χ1n) is 1.17. The van der Waals surface area contributed by atoms with Gasteiger partial charge >= 0.3 is 26.7 Å². The van der Waals surface area contributed by atoms with Gasteiger partial charge in [-0.1, -0.05) is 0 Å². The second-order valence-corrected chi connectivity index (χ2v) is 2.02. The van der Waals surface area contributed by atoms with Crippen LogP contribution in [-0.4, -0.2) is 36.7 Å². The minimum Gasteiger partial charge on any atom is 0 e. The van der Waals surface area contributed by atoms with Crippen LogP contribution in [0.1, 0.15) is 0 Å². The Balaban J connectivity index is -0.000000125. The minimum absolute atomic E-state index is 0. The van der Waals surface area contributed by atoms with Crippen molar-refractivity contribution in [2.75, 3.05) is 0 Å². The molecule has 0 amide bonds. The number of hydrogen-bond acceptors (Lipinski definition) is 2. The van der Waals surface area contributed by atoms with Gasteiger partial charge < -0.3 is 14.2 Å². The first-order chi connectivity index (χ1) is 2.56. The second-order valence-electron chi connectivity index (χ2n) is 0.673. The van der Waals surface area contributed by atoms with Crippen molar-refractivity contribution in [3.05, 3.63) is 0 Å². The van der Waals surface area contributed by atoms with Crippen molar-refractivity contribution in [1.29, 1.82) is 0 Å². The number of rotatable bonds is 1. The van der Waals surface area contributed by atoms with Crippen molar-refractivity contribution in [1.82, 2.24) is 0 Å². The van der Waals surface area contributed by atoms with E-state index < -0.39 is 7.82 Å². The van der Waals surface area contributed by atoms with Crippen molar-refractivity contribution >= 4 is 34.7 Å². The van der Waals surface area contributed by atoms with Crippen molar-refractivity contribution in [3.63, 3.8) is 0 Å². The number of hydrogen-bond donors (Lipinski definition) is 2. The molecule has 0 aromatic carbocycles. The molecule has 0 spiro atoms. The molecule has 2 N–H and O–H groups in total. The summed E-state index contributed by atoms with van der Waals surface area (Å²) in [6.07, 6.45) is 0. The molecule has 8 heteroatoms. The molecule has 0 atom stereocenters. The summed E-state index contributed by atoms with van der Waals surface area (Å²) in [7, 11) is -3.20. The third-order valence-electron chi connectivity index (χ3n) is 0.238. The molecule has 0 aliphatic rings. The molecule has 0 rings (SSSR count). The predicted molar refractivity (Wildman–Crippen MR) is 28.8 cm³/mol. The third-order valence-corrected chi connectivity index (χ3v) is 0.714. The third kappa shape index (κ3) is 15.7. The normalized spacial score (nSPS) is 8.75. The molecular formula is H5BLiO4PZn. The summed E-state index contributed by atoms with van der Waals surface area (Å²) in [5, 5.41) is 0. The molecule has 8 heavy (non-hydrogen) atoms. The molecule has 0 heterocycles. The van der Waals surface area contributed by atoms with E-state index in [0.717, 1.165) is 8.05 Å².